The first-order valence-corrected chi connectivity index (χ1v) is 13.9. The van der Waals surface area contributed by atoms with Gasteiger partial charge in [-0.05, 0) is 83.4 Å². The van der Waals surface area contributed by atoms with Crippen LogP contribution in [0.25, 0.3) is 66.0 Å². The standard InChI is InChI=1S/C20H13O.C20H14O/c21-19-11-17-15-8-4-1-5-12(15)9-16-14-7-3-2-6-13(14)10-18(19)20(16)17;21-19-11-18-15-9-8-12-4-1-2-6-14(12)17(15)10-13-5-3-7-16(19)20(13)18/h1-3,5-10,19,21H,11H2;1-10,19,21H,11H2/q+1;/i2*11+1D2,19+1D,21D. The molecule has 0 bridgehead atoms. The number of hydrogen-bond acceptors (Lipinski definition) is 2. The minimum Gasteiger partial charge on any atom is -0.388 e. The van der Waals surface area contributed by atoms with Crippen molar-refractivity contribution in [1.29, 1.82) is 2.86 Å². The van der Waals surface area contributed by atoms with E-state index in [1.165, 1.54) is 0 Å². The average Bonchev–Trinajstić information content (AvgIpc) is 3.44. The molecule has 3 aliphatic rings. The number of fused-ring (bicyclic) bond motifs is 8. The molecule has 0 aromatic heterocycles. The van der Waals surface area contributed by atoms with Crippen LogP contribution in [0.15, 0.2) is 103 Å². The molecule has 0 heterocycles. The fourth-order valence-corrected chi connectivity index (χ4v) is 6.79. The average molecular weight is 552 g/mol. The molecule has 0 saturated carbocycles. The highest BCUT2D eigenvalue weighted by atomic mass is 16.4. The fourth-order valence-electron chi connectivity index (χ4n) is 6.79. The van der Waals surface area contributed by atoms with Gasteiger partial charge in [-0.3, -0.25) is 0 Å². The largest absolute Gasteiger partial charge is 0.388 e. The third kappa shape index (κ3) is 3.32. The van der Waals surface area contributed by atoms with Gasteiger partial charge in [0.2, 0.25) is 2.86 Å². The number of allylic oxidation sites excluding steroid dienone is 2. The summed E-state index contributed by atoms with van der Waals surface area (Å²) in [6.07, 6.45) is -0.0173. The Morgan fingerprint density at radius 2 is 1.40 bits per heavy atom. The normalized spacial score (nSPS) is 26.3. The van der Waals surface area contributed by atoms with E-state index < -0.39 is 24.9 Å². The van der Waals surface area contributed by atoms with Crippen LogP contribution in [0, 0.1) is 6.08 Å². The molecule has 0 aliphatic heterocycles. The summed E-state index contributed by atoms with van der Waals surface area (Å²) in [7, 11) is 0. The quantitative estimate of drug-likeness (QED) is 0.0973. The van der Waals surface area contributed by atoms with Crippen molar-refractivity contribution in [1.82, 2.24) is 0 Å². The molecule has 7 aromatic carbocycles. The zero-order chi connectivity index (χ0) is 34.8. The van der Waals surface area contributed by atoms with E-state index >= 15 is 0 Å². The van der Waals surface area contributed by atoms with Gasteiger partial charge in [-0.1, -0.05) is 78.9 Å². The summed E-state index contributed by atoms with van der Waals surface area (Å²) in [5.41, 5.74) is 3.28. The lowest BCUT2D eigenvalue weighted by molar-refractivity contribution is 0.185. The van der Waals surface area contributed by atoms with Crippen molar-refractivity contribution < 1.29 is 18.4 Å². The van der Waals surface area contributed by atoms with E-state index in [-0.39, 0.29) is 0 Å². The molecular formula is C40H27O2+. The second-order valence-corrected chi connectivity index (χ2v) is 10.9. The highest BCUT2D eigenvalue weighted by molar-refractivity contribution is 6.15. The molecule has 198 valence electrons. The molecule has 10 rings (SSSR count). The van der Waals surface area contributed by atoms with Crippen molar-refractivity contribution in [3.63, 3.8) is 0 Å². The summed E-state index contributed by atoms with van der Waals surface area (Å²) in [6.45, 7) is 0. The molecule has 2 N–H and O–H groups in total. The second kappa shape index (κ2) is 8.82. The van der Waals surface area contributed by atoms with E-state index in [0.717, 1.165) is 48.7 Å². The Bertz CT molecular complexity index is 2680. The lowest BCUT2D eigenvalue weighted by Gasteiger charge is -2.09. The second-order valence-electron chi connectivity index (χ2n) is 10.9. The highest BCUT2D eigenvalue weighted by Crippen LogP contribution is 2.45. The predicted octanol–water partition coefficient (Wildman–Crippen LogP) is 9.16. The van der Waals surface area contributed by atoms with Gasteiger partial charge < -0.3 is 10.2 Å². The summed E-state index contributed by atoms with van der Waals surface area (Å²) in [5, 5.41) is 18.3. The van der Waals surface area contributed by atoms with Gasteiger partial charge in [0.25, 0.3) is 0 Å². The Labute approximate surface area is 254 Å². The molecule has 2 heteroatoms. The molecule has 42 heavy (non-hydrogen) atoms. The smallest absolute Gasteiger partial charge is 0.211 e. The van der Waals surface area contributed by atoms with E-state index in [9.17, 15) is 0 Å². The molecule has 2 nitrogen and oxygen atoms in total. The van der Waals surface area contributed by atoms with Crippen LogP contribution in [0.4, 0.5) is 0 Å². The van der Waals surface area contributed by atoms with Crippen molar-refractivity contribution in [2.45, 2.75) is 24.9 Å². The van der Waals surface area contributed by atoms with Gasteiger partial charge >= 0.3 is 0 Å². The summed E-state index contributed by atoms with van der Waals surface area (Å²) in [5.74, 6) is 0. The molecule has 0 fully saturated rings. The SMILES string of the molecule is [2H]O[13C]1([2H])c2cc3ccccc3c3cc4c(c(c23)[13C]1([2H])[2H])C=[C+]C=C4.[2H]O[13C]1([2H])c2cccc3cc4c(ccc5ccccc54)c(c23)[13C]1([2H])[2H]. The maximum absolute atomic E-state index is 8.66. The molecule has 2 atom stereocenters. The summed E-state index contributed by atoms with van der Waals surface area (Å²) in [4.78, 5) is 0. The lowest BCUT2D eigenvalue weighted by atomic mass is 9.91. The Balaban J connectivity index is 0.000000135. The molecule has 7 aromatic rings. The molecule has 3 aliphatic carbocycles. The molecule has 0 radical (unpaired) electrons. The monoisotopic (exact) mass is 551 g/mol. The van der Waals surface area contributed by atoms with E-state index in [1.54, 1.807) is 30.4 Å². The number of aliphatic hydroxyl groups is 2. The molecule has 0 spiro atoms. The lowest BCUT2D eigenvalue weighted by Crippen LogP contribution is -1.95. The van der Waals surface area contributed by atoms with Gasteiger partial charge in [-0.15, -0.1) is 0 Å². The fraction of sp³-hybridized carbons (Fsp3) is 0.100. The molecule has 0 amide bonds. The summed E-state index contributed by atoms with van der Waals surface area (Å²) >= 11 is 0. The van der Waals surface area contributed by atoms with Crippen LogP contribution in [0.5, 0.6) is 0 Å². The summed E-state index contributed by atoms with van der Waals surface area (Å²) < 4.78 is 66.7. The van der Waals surface area contributed by atoms with Crippen LogP contribution in [-0.2, 0) is 12.7 Å². The van der Waals surface area contributed by atoms with Crippen LogP contribution in [0.1, 0.15) is 53.8 Å². The van der Waals surface area contributed by atoms with Crippen molar-refractivity contribution in [2.75, 3.05) is 0 Å². The van der Waals surface area contributed by atoms with E-state index in [0.29, 0.717) is 38.6 Å². The minimum atomic E-state index is -2.15. The topological polar surface area (TPSA) is 40.5 Å². The van der Waals surface area contributed by atoms with Crippen molar-refractivity contribution in [3.8, 4) is 0 Å². The van der Waals surface area contributed by atoms with Gasteiger partial charge in [-0.25, -0.2) is 0 Å². The zero-order valence-electron chi connectivity index (χ0n) is 30.3. The first-order chi connectivity index (χ1) is 24.0. The van der Waals surface area contributed by atoms with Crippen molar-refractivity contribution in [2.24, 2.45) is 0 Å². The van der Waals surface area contributed by atoms with Crippen molar-refractivity contribution >= 4 is 66.0 Å². The third-order valence-corrected chi connectivity index (χ3v) is 8.66. The summed E-state index contributed by atoms with van der Waals surface area (Å²) in [6, 6.07) is 31.0. The molecule has 2 unspecified atom stereocenters. The third-order valence-electron chi connectivity index (χ3n) is 8.66. The van der Waals surface area contributed by atoms with Gasteiger partial charge in [0, 0.05) is 35.3 Å². The Hall–Kier alpha value is -4.85. The molecule has 0 saturated heterocycles. The van der Waals surface area contributed by atoms with Crippen LogP contribution < -0.4 is 0 Å². The molecular weight excluding hydrogens is 516 g/mol. The number of benzene rings is 7. The van der Waals surface area contributed by atoms with Gasteiger partial charge in [0.15, 0.2) is 0 Å². The van der Waals surface area contributed by atoms with E-state index in [2.05, 4.69) is 11.2 Å². The Morgan fingerprint density at radius 3 is 2.29 bits per heavy atom. The Morgan fingerprint density at radius 1 is 0.643 bits per heavy atom. The van der Waals surface area contributed by atoms with E-state index in [4.69, 9.17) is 16.2 Å². The minimum absolute atomic E-state index is 0.405. The van der Waals surface area contributed by atoms with Crippen LogP contribution in [0.3, 0.4) is 0 Å². The highest BCUT2D eigenvalue weighted by Gasteiger charge is 2.30. The predicted molar refractivity (Wildman–Crippen MR) is 174 cm³/mol. The zero-order valence-corrected chi connectivity index (χ0v) is 22.3. The van der Waals surface area contributed by atoms with Gasteiger partial charge in [-0.2, -0.15) is 0 Å². The number of hydrogen-bond donors (Lipinski definition) is 2. The van der Waals surface area contributed by atoms with Crippen LogP contribution in [-0.4, -0.2) is 13.1 Å². The maximum atomic E-state index is 8.66. The van der Waals surface area contributed by atoms with Gasteiger partial charge in [0.1, 0.15) is 12.2 Å². The van der Waals surface area contributed by atoms with Gasteiger partial charge in [0.05, 0.1) is 32.1 Å². The van der Waals surface area contributed by atoms with Crippen molar-refractivity contribution in [3.05, 3.63) is 143 Å². The van der Waals surface area contributed by atoms with E-state index in [1.807, 2.05) is 84.9 Å². The Kier molecular flexibility index (Phi) is 3.61. The van der Waals surface area contributed by atoms with Crippen LogP contribution in [0.2, 0.25) is 0 Å². The first kappa shape index (κ1) is 17.2. The number of rotatable bonds is 2. The maximum Gasteiger partial charge on any atom is 0.211 e. The first-order valence-electron chi connectivity index (χ1n) is 17.8. The van der Waals surface area contributed by atoms with Crippen LogP contribution >= 0.6 is 0 Å².